The molecule has 0 spiro atoms. The number of ether oxygens (including phenoxy) is 1. The average Bonchev–Trinajstić information content (AvgIpc) is 2.17. The SMILES string of the molecule is CCOc1ccccc1C1CCN1C(C)(C)C. The van der Waals surface area contributed by atoms with Gasteiger partial charge in [0.15, 0.2) is 0 Å². The summed E-state index contributed by atoms with van der Waals surface area (Å²) in [5.41, 5.74) is 1.58. The predicted octanol–water partition coefficient (Wildman–Crippen LogP) is 3.63. The number of nitrogens with zero attached hydrogens (tertiary/aromatic N) is 1. The molecule has 1 heterocycles. The summed E-state index contributed by atoms with van der Waals surface area (Å²) in [6, 6.07) is 8.97. The minimum Gasteiger partial charge on any atom is -0.494 e. The molecule has 1 aromatic rings. The molecule has 0 radical (unpaired) electrons. The van der Waals surface area contributed by atoms with E-state index in [4.69, 9.17) is 4.74 Å². The summed E-state index contributed by atoms with van der Waals surface area (Å²) >= 11 is 0. The van der Waals surface area contributed by atoms with E-state index < -0.39 is 0 Å². The Morgan fingerprint density at radius 2 is 2.00 bits per heavy atom. The average molecular weight is 233 g/mol. The Balaban J connectivity index is 2.23. The Morgan fingerprint density at radius 3 is 2.53 bits per heavy atom. The van der Waals surface area contributed by atoms with Gasteiger partial charge in [0.1, 0.15) is 5.75 Å². The van der Waals surface area contributed by atoms with Gasteiger partial charge in [0.2, 0.25) is 0 Å². The Kier molecular flexibility index (Phi) is 3.43. The summed E-state index contributed by atoms with van der Waals surface area (Å²) < 4.78 is 5.73. The van der Waals surface area contributed by atoms with E-state index in [2.05, 4.69) is 49.9 Å². The molecule has 17 heavy (non-hydrogen) atoms. The highest BCUT2D eigenvalue weighted by Gasteiger charge is 2.38. The van der Waals surface area contributed by atoms with Gasteiger partial charge in [-0.15, -0.1) is 0 Å². The highest BCUT2D eigenvalue weighted by Crippen LogP contribution is 2.42. The van der Waals surface area contributed by atoms with Gasteiger partial charge in [0.05, 0.1) is 6.61 Å². The second-order valence-corrected chi connectivity index (χ2v) is 5.64. The van der Waals surface area contributed by atoms with Crippen LogP contribution < -0.4 is 4.74 Å². The van der Waals surface area contributed by atoms with E-state index in [1.807, 2.05) is 6.92 Å². The van der Waals surface area contributed by atoms with Gasteiger partial charge in [-0.05, 0) is 40.2 Å². The van der Waals surface area contributed by atoms with Crippen molar-refractivity contribution in [3.8, 4) is 5.75 Å². The molecule has 1 saturated heterocycles. The first-order valence-electron chi connectivity index (χ1n) is 6.52. The first kappa shape index (κ1) is 12.4. The third-order valence-corrected chi connectivity index (χ3v) is 3.46. The quantitative estimate of drug-likeness (QED) is 0.790. The Morgan fingerprint density at radius 1 is 1.29 bits per heavy atom. The summed E-state index contributed by atoms with van der Waals surface area (Å²) in [5, 5.41) is 0. The Hall–Kier alpha value is -1.02. The molecule has 1 aromatic carbocycles. The molecule has 0 amide bonds. The topological polar surface area (TPSA) is 12.5 Å². The lowest BCUT2D eigenvalue weighted by Crippen LogP contribution is -2.52. The summed E-state index contributed by atoms with van der Waals surface area (Å²) in [7, 11) is 0. The van der Waals surface area contributed by atoms with Crippen molar-refractivity contribution in [2.45, 2.75) is 45.7 Å². The van der Waals surface area contributed by atoms with E-state index >= 15 is 0 Å². The molecule has 2 heteroatoms. The lowest BCUT2D eigenvalue weighted by molar-refractivity contribution is -0.000894. The lowest BCUT2D eigenvalue weighted by atomic mass is 9.88. The summed E-state index contributed by atoms with van der Waals surface area (Å²) in [5.74, 6) is 1.05. The number of hydrogen-bond donors (Lipinski definition) is 0. The Bertz CT molecular complexity index is 381. The second-order valence-electron chi connectivity index (χ2n) is 5.64. The standard InChI is InChI=1S/C15H23NO/c1-5-17-14-9-7-6-8-12(14)13-10-11-16(13)15(2,3)4/h6-9,13H,5,10-11H2,1-4H3. The fraction of sp³-hybridized carbons (Fsp3) is 0.600. The fourth-order valence-electron chi connectivity index (χ4n) is 2.56. The molecule has 1 fully saturated rings. The maximum Gasteiger partial charge on any atom is 0.124 e. The molecule has 0 aromatic heterocycles. The minimum atomic E-state index is 0.238. The van der Waals surface area contributed by atoms with Crippen molar-refractivity contribution < 1.29 is 4.74 Å². The second kappa shape index (κ2) is 4.69. The number of likely N-dealkylation sites (tertiary alicyclic amines) is 1. The molecule has 0 saturated carbocycles. The normalized spacial score (nSPS) is 21.1. The Labute approximate surface area is 105 Å². The van der Waals surface area contributed by atoms with Crippen LogP contribution in [0.25, 0.3) is 0 Å². The molecule has 1 aliphatic rings. The van der Waals surface area contributed by atoms with Gasteiger partial charge in [0, 0.05) is 23.7 Å². The van der Waals surface area contributed by atoms with Crippen LogP contribution in [0.15, 0.2) is 24.3 Å². The van der Waals surface area contributed by atoms with Gasteiger partial charge in [-0.25, -0.2) is 0 Å². The number of rotatable bonds is 3. The zero-order chi connectivity index (χ0) is 12.5. The fourth-order valence-corrected chi connectivity index (χ4v) is 2.56. The molecule has 1 aliphatic heterocycles. The van der Waals surface area contributed by atoms with Crippen LogP contribution in [0.3, 0.4) is 0 Å². The van der Waals surface area contributed by atoms with Crippen molar-refractivity contribution in [1.29, 1.82) is 0 Å². The smallest absolute Gasteiger partial charge is 0.124 e. The van der Waals surface area contributed by atoms with Gasteiger partial charge in [0.25, 0.3) is 0 Å². The van der Waals surface area contributed by atoms with Crippen LogP contribution in [-0.4, -0.2) is 23.6 Å². The molecular formula is C15H23NO. The van der Waals surface area contributed by atoms with Crippen LogP contribution in [0.2, 0.25) is 0 Å². The van der Waals surface area contributed by atoms with E-state index in [1.54, 1.807) is 0 Å². The molecule has 1 unspecified atom stereocenters. The van der Waals surface area contributed by atoms with Crippen LogP contribution >= 0.6 is 0 Å². The van der Waals surface area contributed by atoms with E-state index in [1.165, 1.54) is 18.5 Å². The van der Waals surface area contributed by atoms with Gasteiger partial charge in [-0.1, -0.05) is 18.2 Å². The van der Waals surface area contributed by atoms with Crippen LogP contribution in [0, 0.1) is 0 Å². The maximum atomic E-state index is 5.73. The monoisotopic (exact) mass is 233 g/mol. The molecule has 2 nitrogen and oxygen atoms in total. The third kappa shape index (κ3) is 2.47. The van der Waals surface area contributed by atoms with Gasteiger partial charge < -0.3 is 4.74 Å². The first-order chi connectivity index (χ1) is 8.04. The summed E-state index contributed by atoms with van der Waals surface area (Å²) in [4.78, 5) is 2.55. The van der Waals surface area contributed by atoms with Crippen LogP contribution in [0.1, 0.15) is 45.7 Å². The predicted molar refractivity (Wildman–Crippen MR) is 71.4 cm³/mol. The number of benzene rings is 1. The molecule has 1 atom stereocenters. The first-order valence-corrected chi connectivity index (χ1v) is 6.52. The molecule has 2 rings (SSSR count). The van der Waals surface area contributed by atoms with Crippen LogP contribution in [-0.2, 0) is 0 Å². The van der Waals surface area contributed by atoms with E-state index in [0.717, 1.165) is 12.4 Å². The highest BCUT2D eigenvalue weighted by atomic mass is 16.5. The van der Waals surface area contributed by atoms with Crippen molar-refractivity contribution >= 4 is 0 Å². The van der Waals surface area contributed by atoms with Gasteiger partial charge in [-0.3, -0.25) is 4.90 Å². The van der Waals surface area contributed by atoms with Crippen LogP contribution in [0.4, 0.5) is 0 Å². The van der Waals surface area contributed by atoms with E-state index in [-0.39, 0.29) is 5.54 Å². The lowest BCUT2D eigenvalue weighted by Gasteiger charge is -2.50. The number of para-hydroxylation sites is 1. The zero-order valence-corrected chi connectivity index (χ0v) is 11.4. The maximum absolute atomic E-state index is 5.73. The molecule has 94 valence electrons. The van der Waals surface area contributed by atoms with Gasteiger partial charge in [-0.2, -0.15) is 0 Å². The third-order valence-electron chi connectivity index (χ3n) is 3.46. The molecular weight excluding hydrogens is 210 g/mol. The van der Waals surface area contributed by atoms with Crippen molar-refractivity contribution in [3.05, 3.63) is 29.8 Å². The van der Waals surface area contributed by atoms with Crippen molar-refractivity contribution in [2.24, 2.45) is 0 Å². The minimum absolute atomic E-state index is 0.238. The van der Waals surface area contributed by atoms with Crippen molar-refractivity contribution in [3.63, 3.8) is 0 Å². The largest absolute Gasteiger partial charge is 0.494 e. The van der Waals surface area contributed by atoms with Crippen molar-refractivity contribution in [1.82, 2.24) is 4.90 Å². The molecule has 0 N–H and O–H groups in total. The summed E-state index contributed by atoms with van der Waals surface area (Å²) in [6.45, 7) is 10.8. The molecule has 0 aliphatic carbocycles. The van der Waals surface area contributed by atoms with Crippen LogP contribution in [0.5, 0.6) is 5.75 Å². The van der Waals surface area contributed by atoms with Gasteiger partial charge >= 0.3 is 0 Å². The zero-order valence-electron chi connectivity index (χ0n) is 11.4. The van der Waals surface area contributed by atoms with E-state index in [9.17, 15) is 0 Å². The molecule has 0 bridgehead atoms. The number of hydrogen-bond acceptors (Lipinski definition) is 2. The summed E-state index contributed by atoms with van der Waals surface area (Å²) in [6.07, 6.45) is 1.24. The van der Waals surface area contributed by atoms with E-state index in [0.29, 0.717) is 6.04 Å². The highest BCUT2D eigenvalue weighted by molar-refractivity contribution is 5.37. The van der Waals surface area contributed by atoms with Crippen molar-refractivity contribution in [2.75, 3.05) is 13.2 Å².